The minimum atomic E-state index is -0.551. The fourth-order valence-electron chi connectivity index (χ4n) is 3.12. The highest BCUT2D eigenvalue weighted by Gasteiger charge is 2.22. The monoisotopic (exact) mass is 417 g/mol. The summed E-state index contributed by atoms with van der Waals surface area (Å²) in [5, 5.41) is 26.0. The summed E-state index contributed by atoms with van der Waals surface area (Å²) in [5.41, 5.74) is 4.58. The number of carbonyl (C=O) groups excluding carboxylic acids is 2. The molecule has 0 unspecified atom stereocenters. The molecule has 0 saturated carbocycles. The number of benzene rings is 3. The van der Waals surface area contributed by atoms with Gasteiger partial charge in [-0.05, 0) is 36.2 Å². The van der Waals surface area contributed by atoms with Gasteiger partial charge in [0.05, 0.1) is 18.2 Å². The predicted octanol–water partition coefficient (Wildman–Crippen LogP) is 2.89. The summed E-state index contributed by atoms with van der Waals surface area (Å²) in [6.07, 6.45) is 0. The van der Waals surface area contributed by atoms with Crippen LogP contribution in [-0.4, -0.2) is 34.3 Å². The van der Waals surface area contributed by atoms with E-state index in [4.69, 9.17) is 0 Å². The second-order valence-corrected chi connectivity index (χ2v) is 6.91. The molecule has 158 valence electrons. The number of amides is 2. The van der Waals surface area contributed by atoms with Gasteiger partial charge in [-0.2, -0.15) is 5.10 Å². The Morgan fingerprint density at radius 2 is 1.48 bits per heavy atom. The van der Waals surface area contributed by atoms with E-state index < -0.39 is 11.8 Å². The Hall–Kier alpha value is -4.13. The van der Waals surface area contributed by atoms with Crippen LogP contribution in [0.5, 0.6) is 11.5 Å². The highest BCUT2D eigenvalue weighted by molar-refractivity contribution is 6.02. The van der Waals surface area contributed by atoms with Crippen molar-refractivity contribution in [2.75, 3.05) is 6.54 Å². The van der Waals surface area contributed by atoms with Crippen molar-refractivity contribution in [3.63, 3.8) is 0 Å². The average Bonchev–Trinajstić information content (AvgIpc) is 2.79. The van der Waals surface area contributed by atoms with E-state index in [1.54, 1.807) is 6.92 Å². The fourth-order valence-corrected chi connectivity index (χ4v) is 3.12. The minimum Gasteiger partial charge on any atom is -0.508 e. The van der Waals surface area contributed by atoms with Crippen molar-refractivity contribution in [2.45, 2.75) is 12.8 Å². The maximum atomic E-state index is 12.9. The first kappa shape index (κ1) is 21.6. The molecule has 0 fully saturated rings. The van der Waals surface area contributed by atoms with Crippen molar-refractivity contribution in [3.8, 4) is 11.5 Å². The highest BCUT2D eigenvalue weighted by Crippen LogP contribution is 2.25. The first-order valence-electron chi connectivity index (χ1n) is 9.69. The van der Waals surface area contributed by atoms with Crippen LogP contribution in [0.15, 0.2) is 84.0 Å². The molecule has 3 aromatic rings. The van der Waals surface area contributed by atoms with Crippen LogP contribution >= 0.6 is 0 Å². The van der Waals surface area contributed by atoms with Crippen molar-refractivity contribution < 1.29 is 19.8 Å². The second kappa shape index (κ2) is 10.1. The van der Waals surface area contributed by atoms with E-state index in [1.807, 2.05) is 60.7 Å². The Morgan fingerprint density at radius 1 is 0.903 bits per heavy atom. The smallest absolute Gasteiger partial charge is 0.259 e. The van der Waals surface area contributed by atoms with Crippen molar-refractivity contribution in [3.05, 3.63) is 95.6 Å². The van der Waals surface area contributed by atoms with Gasteiger partial charge in [-0.15, -0.1) is 0 Å². The van der Waals surface area contributed by atoms with Gasteiger partial charge in [0.15, 0.2) is 0 Å². The zero-order valence-corrected chi connectivity index (χ0v) is 16.9. The van der Waals surface area contributed by atoms with E-state index >= 15 is 0 Å². The lowest BCUT2D eigenvalue weighted by Gasteiger charge is -2.17. The summed E-state index contributed by atoms with van der Waals surface area (Å²) in [6.45, 7) is 1.31. The summed E-state index contributed by atoms with van der Waals surface area (Å²) >= 11 is 0. The zero-order valence-electron chi connectivity index (χ0n) is 16.9. The number of hydrogen-bond donors (Lipinski definition) is 4. The molecule has 4 N–H and O–H groups in total. The molecule has 0 heterocycles. The molecule has 3 aromatic carbocycles. The molecule has 31 heavy (non-hydrogen) atoms. The van der Waals surface area contributed by atoms with Crippen molar-refractivity contribution >= 4 is 17.5 Å². The number of phenols is 2. The minimum absolute atomic E-state index is 0.0335. The summed E-state index contributed by atoms with van der Waals surface area (Å²) < 4.78 is 0. The van der Waals surface area contributed by atoms with Crippen LogP contribution in [0.1, 0.15) is 29.5 Å². The van der Waals surface area contributed by atoms with Gasteiger partial charge >= 0.3 is 0 Å². The Labute approximate surface area is 180 Å². The van der Waals surface area contributed by atoms with Crippen molar-refractivity contribution in [1.29, 1.82) is 0 Å². The normalized spacial score (nSPS) is 11.2. The number of phenolic OH excluding ortho intramolecular Hbond substituents is 2. The second-order valence-electron chi connectivity index (χ2n) is 6.91. The molecule has 0 aliphatic carbocycles. The van der Waals surface area contributed by atoms with Crippen LogP contribution < -0.4 is 10.7 Å². The van der Waals surface area contributed by atoms with Crippen LogP contribution in [-0.2, 0) is 9.59 Å². The van der Waals surface area contributed by atoms with Gasteiger partial charge in [0, 0.05) is 5.56 Å². The van der Waals surface area contributed by atoms with Gasteiger partial charge in [0.25, 0.3) is 5.91 Å². The fraction of sp³-hybridized carbons (Fsp3) is 0.125. The number of hydrazone groups is 1. The third kappa shape index (κ3) is 5.70. The summed E-state index contributed by atoms with van der Waals surface area (Å²) in [5.74, 6) is -1.49. The molecule has 7 nitrogen and oxygen atoms in total. The SMILES string of the molecule is CC(=NNC(=O)CNC(=O)C(c1ccccc1)c1ccccc1)c1cc(O)ccc1O. The van der Waals surface area contributed by atoms with Crippen molar-refractivity contribution in [1.82, 2.24) is 10.7 Å². The molecule has 0 atom stereocenters. The Balaban J connectivity index is 1.65. The molecule has 3 rings (SSSR count). The average molecular weight is 417 g/mol. The summed E-state index contributed by atoms with van der Waals surface area (Å²) in [7, 11) is 0. The zero-order chi connectivity index (χ0) is 22.2. The van der Waals surface area contributed by atoms with Crippen LogP contribution in [0.25, 0.3) is 0 Å². The third-order valence-electron chi connectivity index (χ3n) is 4.67. The number of nitrogens with one attached hydrogen (secondary N) is 2. The standard InChI is InChI=1S/C24H23N3O4/c1-16(20-14-19(28)12-13-21(20)29)26-27-22(30)15-25-24(31)23(17-8-4-2-5-9-17)18-10-6-3-7-11-18/h2-14,23,28-29H,15H2,1H3,(H,25,31)(H,27,30). The van der Waals surface area contributed by atoms with Gasteiger partial charge in [-0.25, -0.2) is 5.43 Å². The highest BCUT2D eigenvalue weighted by atomic mass is 16.3. The van der Waals surface area contributed by atoms with Crippen LogP contribution in [0.3, 0.4) is 0 Å². The molecular weight excluding hydrogens is 394 g/mol. The number of carbonyl (C=O) groups is 2. The maximum Gasteiger partial charge on any atom is 0.259 e. The molecule has 0 aliphatic heterocycles. The third-order valence-corrected chi connectivity index (χ3v) is 4.67. The molecule has 0 bridgehead atoms. The van der Waals surface area contributed by atoms with Crippen LogP contribution in [0.4, 0.5) is 0 Å². The molecule has 0 radical (unpaired) electrons. The van der Waals surface area contributed by atoms with E-state index in [1.165, 1.54) is 18.2 Å². The lowest BCUT2D eigenvalue weighted by molar-refractivity contribution is -0.126. The lowest BCUT2D eigenvalue weighted by atomic mass is 9.90. The van der Waals surface area contributed by atoms with Crippen molar-refractivity contribution in [2.24, 2.45) is 5.10 Å². The number of hydrogen-bond acceptors (Lipinski definition) is 5. The largest absolute Gasteiger partial charge is 0.508 e. The van der Waals surface area contributed by atoms with E-state index in [2.05, 4.69) is 15.8 Å². The molecule has 0 aromatic heterocycles. The summed E-state index contributed by atoms with van der Waals surface area (Å²) in [6, 6.07) is 22.7. The van der Waals surface area contributed by atoms with Crippen LogP contribution in [0.2, 0.25) is 0 Å². The van der Waals surface area contributed by atoms with Gasteiger partial charge in [0.2, 0.25) is 5.91 Å². The Kier molecular flexibility index (Phi) is 7.01. The van der Waals surface area contributed by atoms with Gasteiger partial charge in [0.1, 0.15) is 11.5 Å². The maximum absolute atomic E-state index is 12.9. The van der Waals surface area contributed by atoms with Gasteiger partial charge < -0.3 is 15.5 Å². The molecular formula is C24H23N3O4. The van der Waals surface area contributed by atoms with E-state index in [0.717, 1.165) is 11.1 Å². The quantitative estimate of drug-likeness (QED) is 0.269. The number of rotatable bonds is 7. The molecule has 7 heteroatoms. The molecule has 0 saturated heterocycles. The van der Waals surface area contributed by atoms with E-state index in [0.29, 0.717) is 5.71 Å². The Bertz CT molecular complexity index is 1040. The van der Waals surface area contributed by atoms with Gasteiger partial charge in [-0.1, -0.05) is 60.7 Å². The van der Waals surface area contributed by atoms with E-state index in [-0.39, 0.29) is 29.5 Å². The predicted molar refractivity (Wildman–Crippen MR) is 118 cm³/mol. The lowest BCUT2D eigenvalue weighted by Crippen LogP contribution is -2.38. The number of nitrogens with zero attached hydrogens (tertiary/aromatic N) is 1. The van der Waals surface area contributed by atoms with Gasteiger partial charge in [-0.3, -0.25) is 9.59 Å². The van der Waals surface area contributed by atoms with Crippen LogP contribution in [0, 0.1) is 0 Å². The van der Waals surface area contributed by atoms with E-state index in [9.17, 15) is 19.8 Å². The molecule has 0 spiro atoms. The topological polar surface area (TPSA) is 111 Å². The summed E-state index contributed by atoms with van der Waals surface area (Å²) in [4.78, 5) is 25.1. The first-order chi connectivity index (χ1) is 15.0. The molecule has 2 amide bonds. The number of aromatic hydroxyl groups is 2. The molecule has 0 aliphatic rings. The first-order valence-corrected chi connectivity index (χ1v) is 9.69. The Morgan fingerprint density at radius 3 is 2.06 bits per heavy atom.